The molecule has 1 N–H and O–H groups in total. The molecule has 0 fully saturated rings. The lowest BCUT2D eigenvalue weighted by molar-refractivity contribution is 0.503. The van der Waals surface area contributed by atoms with E-state index in [2.05, 4.69) is 19.2 Å². The molecule has 3 rings (SSSR count). The van der Waals surface area contributed by atoms with E-state index in [1.54, 1.807) is 19.2 Å². The Morgan fingerprint density at radius 2 is 1.76 bits per heavy atom. The van der Waals surface area contributed by atoms with Crippen molar-refractivity contribution in [2.75, 3.05) is 17.9 Å². The van der Waals surface area contributed by atoms with Gasteiger partial charge in [0.05, 0.1) is 16.6 Å². The Balaban J connectivity index is 1.84. The maximum absolute atomic E-state index is 13.2. The van der Waals surface area contributed by atoms with Gasteiger partial charge in [0.25, 0.3) is 10.0 Å². The third kappa shape index (κ3) is 4.96. The first-order chi connectivity index (χ1) is 13.8. The first-order valence-corrected chi connectivity index (χ1v) is 12.2. The molecular formula is C23H31ClN2O2S. The van der Waals surface area contributed by atoms with E-state index in [1.165, 1.54) is 30.0 Å². The minimum Gasteiger partial charge on any atom is -0.306 e. The molecule has 0 amide bonds. The van der Waals surface area contributed by atoms with E-state index in [-0.39, 0.29) is 10.9 Å². The fourth-order valence-corrected chi connectivity index (χ4v) is 5.65. The number of hydrogen-bond donors (Lipinski definition) is 1. The molecule has 0 radical (unpaired) electrons. The van der Waals surface area contributed by atoms with Crippen molar-refractivity contribution in [1.29, 1.82) is 0 Å². The van der Waals surface area contributed by atoms with Gasteiger partial charge in [-0.1, -0.05) is 75.4 Å². The Bertz CT molecular complexity index is 944. The minimum atomic E-state index is -3.67. The van der Waals surface area contributed by atoms with Gasteiger partial charge in [-0.2, -0.15) is 0 Å². The SMILES string of the molecule is CC(C)CCCCCCNC1c2ccccc2N(C)S(=O)(=O)c2cc(Cl)ccc21. The topological polar surface area (TPSA) is 49.4 Å². The fourth-order valence-electron chi connectivity index (χ4n) is 3.93. The molecule has 1 unspecified atom stereocenters. The fraction of sp³-hybridized carbons (Fsp3) is 0.478. The summed E-state index contributed by atoms with van der Waals surface area (Å²) >= 11 is 6.16. The van der Waals surface area contributed by atoms with Gasteiger partial charge in [-0.05, 0) is 48.2 Å². The molecular weight excluding hydrogens is 404 g/mol. The summed E-state index contributed by atoms with van der Waals surface area (Å²) in [6.45, 7) is 5.37. The molecule has 1 aliphatic rings. The number of nitrogens with zero attached hydrogens (tertiary/aromatic N) is 1. The van der Waals surface area contributed by atoms with Crippen molar-refractivity contribution >= 4 is 27.3 Å². The van der Waals surface area contributed by atoms with Crippen molar-refractivity contribution in [2.45, 2.75) is 56.9 Å². The minimum absolute atomic E-state index is 0.186. The molecule has 2 aromatic rings. The van der Waals surface area contributed by atoms with Crippen LogP contribution >= 0.6 is 11.6 Å². The van der Waals surface area contributed by atoms with Crippen LogP contribution in [0, 0.1) is 5.92 Å². The van der Waals surface area contributed by atoms with Gasteiger partial charge in [-0.25, -0.2) is 8.42 Å². The van der Waals surface area contributed by atoms with E-state index in [0.29, 0.717) is 10.7 Å². The Kier molecular flexibility index (Phi) is 7.25. The molecule has 0 saturated carbocycles. The first kappa shape index (κ1) is 22.1. The van der Waals surface area contributed by atoms with Crippen LogP contribution < -0.4 is 9.62 Å². The molecule has 2 aromatic carbocycles. The number of nitrogens with one attached hydrogen (secondary N) is 1. The third-order valence-electron chi connectivity index (χ3n) is 5.57. The molecule has 0 saturated heterocycles. The second-order valence-electron chi connectivity index (χ2n) is 8.20. The van der Waals surface area contributed by atoms with Gasteiger partial charge in [-0.15, -0.1) is 0 Å². The monoisotopic (exact) mass is 434 g/mol. The number of anilines is 1. The second kappa shape index (κ2) is 9.50. The van der Waals surface area contributed by atoms with Crippen LogP contribution in [0.2, 0.25) is 5.02 Å². The molecule has 0 bridgehead atoms. The van der Waals surface area contributed by atoms with Crippen LogP contribution in [-0.2, 0) is 10.0 Å². The quantitative estimate of drug-likeness (QED) is 0.537. The van der Waals surface area contributed by atoms with Crippen LogP contribution in [-0.4, -0.2) is 22.0 Å². The number of benzene rings is 2. The van der Waals surface area contributed by atoms with Gasteiger partial charge in [0, 0.05) is 12.1 Å². The Morgan fingerprint density at radius 1 is 1.03 bits per heavy atom. The molecule has 1 atom stereocenters. The lowest BCUT2D eigenvalue weighted by atomic mass is 9.96. The summed E-state index contributed by atoms with van der Waals surface area (Å²) in [5, 5.41) is 4.04. The highest BCUT2D eigenvalue weighted by Gasteiger charge is 2.34. The molecule has 0 aromatic heterocycles. The lowest BCUT2D eigenvalue weighted by Gasteiger charge is -2.22. The molecule has 0 aliphatic carbocycles. The van der Waals surface area contributed by atoms with E-state index in [0.717, 1.165) is 30.0 Å². The summed E-state index contributed by atoms with van der Waals surface area (Å²) in [5.41, 5.74) is 2.43. The second-order valence-corrected chi connectivity index (χ2v) is 10.6. The van der Waals surface area contributed by atoms with Crippen molar-refractivity contribution in [3.05, 3.63) is 58.6 Å². The van der Waals surface area contributed by atoms with Gasteiger partial charge in [-0.3, -0.25) is 4.31 Å². The van der Waals surface area contributed by atoms with Crippen molar-refractivity contribution in [3.63, 3.8) is 0 Å². The Hall–Kier alpha value is -1.56. The number of para-hydroxylation sites is 1. The molecule has 158 valence electrons. The molecule has 6 heteroatoms. The Morgan fingerprint density at radius 3 is 2.52 bits per heavy atom. The number of sulfonamides is 1. The predicted molar refractivity (Wildman–Crippen MR) is 121 cm³/mol. The number of unbranched alkanes of at least 4 members (excludes halogenated alkanes) is 3. The zero-order chi connectivity index (χ0) is 21.0. The van der Waals surface area contributed by atoms with Crippen molar-refractivity contribution in [1.82, 2.24) is 5.32 Å². The van der Waals surface area contributed by atoms with E-state index in [4.69, 9.17) is 11.6 Å². The highest BCUT2D eigenvalue weighted by molar-refractivity contribution is 7.92. The maximum atomic E-state index is 13.2. The van der Waals surface area contributed by atoms with Gasteiger partial charge in [0.2, 0.25) is 0 Å². The molecule has 1 heterocycles. The van der Waals surface area contributed by atoms with Crippen LogP contribution in [0.4, 0.5) is 5.69 Å². The Labute approximate surface area is 180 Å². The van der Waals surface area contributed by atoms with Crippen LogP contribution in [0.15, 0.2) is 47.4 Å². The lowest BCUT2D eigenvalue weighted by Crippen LogP contribution is -2.26. The molecule has 29 heavy (non-hydrogen) atoms. The zero-order valence-corrected chi connectivity index (χ0v) is 19.1. The largest absolute Gasteiger partial charge is 0.306 e. The average Bonchev–Trinajstić information content (AvgIpc) is 2.75. The third-order valence-corrected chi connectivity index (χ3v) is 7.63. The van der Waals surface area contributed by atoms with Gasteiger partial charge in [0.15, 0.2) is 0 Å². The van der Waals surface area contributed by atoms with Crippen molar-refractivity contribution in [3.8, 4) is 0 Å². The van der Waals surface area contributed by atoms with Gasteiger partial charge in [0.1, 0.15) is 0 Å². The standard InChI is InChI=1S/C23H31ClN2O2S/c1-17(2)10-6-4-5-9-15-25-23-19-11-7-8-12-21(19)26(3)29(27,28)22-16-18(24)13-14-20(22)23/h7-8,11-14,16-17,23,25H,4-6,9-10,15H2,1-3H3. The van der Waals surface area contributed by atoms with E-state index >= 15 is 0 Å². The number of rotatable bonds is 8. The molecule has 1 aliphatic heterocycles. The summed E-state index contributed by atoms with van der Waals surface area (Å²) in [4.78, 5) is 0.276. The van der Waals surface area contributed by atoms with Gasteiger partial charge < -0.3 is 5.32 Å². The zero-order valence-electron chi connectivity index (χ0n) is 17.5. The summed E-state index contributed by atoms with van der Waals surface area (Å²) < 4.78 is 27.8. The normalized spacial score (nSPS) is 17.7. The molecule has 4 nitrogen and oxygen atoms in total. The maximum Gasteiger partial charge on any atom is 0.264 e. The van der Waals surface area contributed by atoms with Crippen molar-refractivity contribution < 1.29 is 8.42 Å². The predicted octanol–water partition coefficient (Wildman–Crippen LogP) is 5.76. The van der Waals surface area contributed by atoms with E-state index in [9.17, 15) is 8.42 Å². The van der Waals surface area contributed by atoms with Gasteiger partial charge >= 0.3 is 0 Å². The highest BCUT2D eigenvalue weighted by atomic mass is 35.5. The highest BCUT2D eigenvalue weighted by Crippen LogP contribution is 2.40. The summed E-state index contributed by atoms with van der Waals surface area (Å²) in [7, 11) is -2.06. The van der Waals surface area contributed by atoms with Crippen molar-refractivity contribution in [2.24, 2.45) is 5.92 Å². The average molecular weight is 435 g/mol. The summed E-state index contributed by atoms with van der Waals surface area (Å²) in [6, 6.07) is 12.7. The van der Waals surface area contributed by atoms with E-state index in [1.807, 2.05) is 30.3 Å². The summed E-state index contributed by atoms with van der Waals surface area (Å²) in [6.07, 6.45) is 6.04. The molecule has 0 spiro atoms. The van der Waals surface area contributed by atoms with Crippen LogP contribution in [0.25, 0.3) is 0 Å². The smallest absolute Gasteiger partial charge is 0.264 e. The number of hydrogen-bond acceptors (Lipinski definition) is 3. The number of fused-ring (bicyclic) bond motifs is 2. The van der Waals surface area contributed by atoms with Crippen LogP contribution in [0.5, 0.6) is 0 Å². The van der Waals surface area contributed by atoms with Crippen LogP contribution in [0.3, 0.4) is 0 Å². The van der Waals surface area contributed by atoms with Crippen LogP contribution in [0.1, 0.15) is 63.1 Å². The first-order valence-electron chi connectivity index (χ1n) is 10.4. The number of halogens is 1. The summed E-state index contributed by atoms with van der Waals surface area (Å²) in [5.74, 6) is 0.762. The van der Waals surface area contributed by atoms with E-state index < -0.39 is 10.0 Å².